The van der Waals surface area contributed by atoms with Gasteiger partial charge in [-0.15, -0.1) is 0 Å². The molecular formula is C38H71NO5. The first-order valence-corrected chi connectivity index (χ1v) is 18.4. The molecule has 5 N–H and O–H groups in total. The van der Waals surface area contributed by atoms with Crippen molar-refractivity contribution in [3.05, 3.63) is 36.5 Å². The number of hydrogen-bond acceptors (Lipinski definition) is 5. The van der Waals surface area contributed by atoms with Crippen LogP contribution in [0.1, 0.15) is 168 Å². The Morgan fingerprint density at radius 1 is 0.568 bits per heavy atom. The number of allylic oxidation sites excluding steroid dienone is 5. The van der Waals surface area contributed by atoms with Gasteiger partial charge in [0.1, 0.15) is 0 Å². The van der Waals surface area contributed by atoms with E-state index >= 15 is 0 Å². The standard InChI is InChI=1S/C38H71NO5/c1-3-5-7-9-11-13-15-17-19-20-22-24-26-29-35(41)34(33-40)39-38(44)32-28-31-37(43)36(42)30-27-25-23-21-18-16-14-12-10-8-6-4-2/h12,14,18,21,25,27,34-37,40-43H,3-11,13,15-17,19-20,22-24,26,28-33H2,1-2H3,(H,39,44)/b14-12-,21-18-,27-25-/t34-,35+,36?,37?/m0/s1. The fourth-order valence-electron chi connectivity index (χ4n) is 5.34. The molecule has 258 valence electrons. The average molecular weight is 622 g/mol. The Morgan fingerprint density at radius 3 is 1.61 bits per heavy atom. The molecule has 6 heteroatoms. The number of rotatable bonds is 32. The highest BCUT2D eigenvalue weighted by atomic mass is 16.3. The van der Waals surface area contributed by atoms with Crippen LogP contribution in [-0.4, -0.2) is 57.3 Å². The summed E-state index contributed by atoms with van der Waals surface area (Å²) in [5.74, 6) is -0.252. The molecule has 6 nitrogen and oxygen atoms in total. The van der Waals surface area contributed by atoms with E-state index in [-0.39, 0.29) is 18.9 Å². The van der Waals surface area contributed by atoms with E-state index in [4.69, 9.17) is 0 Å². The SMILES string of the molecule is CCCCC/C=C\C/C=C\C/C=C\CC(O)C(O)CCCC(=O)N[C@@H](CO)[C@H](O)CCCCCCCCCCCCCCC. The molecule has 0 aromatic carbocycles. The van der Waals surface area contributed by atoms with Gasteiger partial charge in [0.25, 0.3) is 0 Å². The number of carbonyl (C=O) groups is 1. The normalized spacial score (nSPS) is 15.0. The van der Waals surface area contributed by atoms with Gasteiger partial charge in [-0.2, -0.15) is 0 Å². The van der Waals surface area contributed by atoms with Crippen molar-refractivity contribution in [2.75, 3.05) is 6.61 Å². The van der Waals surface area contributed by atoms with E-state index in [9.17, 15) is 25.2 Å². The van der Waals surface area contributed by atoms with Crippen LogP contribution in [-0.2, 0) is 4.79 Å². The Kier molecular flexibility index (Phi) is 31.8. The van der Waals surface area contributed by atoms with Crippen LogP contribution < -0.4 is 5.32 Å². The molecule has 4 atom stereocenters. The van der Waals surface area contributed by atoms with Crippen molar-refractivity contribution in [1.82, 2.24) is 5.32 Å². The molecule has 0 rings (SSSR count). The molecule has 44 heavy (non-hydrogen) atoms. The summed E-state index contributed by atoms with van der Waals surface area (Å²) in [4.78, 5) is 12.4. The van der Waals surface area contributed by atoms with Gasteiger partial charge in [0, 0.05) is 6.42 Å². The van der Waals surface area contributed by atoms with Crippen molar-refractivity contribution in [2.24, 2.45) is 0 Å². The Balaban J connectivity index is 3.88. The lowest BCUT2D eigenvalue weighted by atomic mass is 10.0. The van der Waals surface area contributed by atoms with Crippen molar-refractivity contribution in [3.8, 4) is 0 Å². The van der Waals surface area contributed by atoms with Gasteiger partial charge in [0.15, 0.2) is 0 Å². The second-order valence-corrected chi connectivity index (χ2v) is 12.6. The molecule has 0 radical (unpaired) electrons. The van der Waals surface area contributed by atoms with E-state index < -0.39 is 24.4 Å². The number of amides is 1. The lowest BCUT2D eigenvalue weighted by Gasteiger charge is -2.22. The number of carbonyl (C=O) groups excluding carboxylic acids is 1. The molecule has 0 aromatic heterocycles. The lowest BCUT2D eigenvalue weighted by Crippen LogP contribution is -2.45. The van der Waals surface area contributed by atoms with E-state index in [0.717, 1.165) is 38.5 Å². The summed E-state index contributed by atoms with van der Waals surface area (Å²) >= 11 is 0. The minimum atomic E-state index is -0.893. The number of unbranched alkanes of at least 4 members (excludes halogenated alkanes) is 15. The maximum Gasteiger partial charge on any atom is 0.220 e. The average Bonchev–Trinajstić information content (AvgIpc) is 3.02. The van der Waals surface area contributed by atoms with Crippen LogP contribution >= 0.6 is 0 Å². The summed E-state index contributed by atoms with van der Waals surface area (Å²) in [6.45, 7) is 4.17. The Hall–Kier alpha value is -1.47. The summed E-state index contributed by atoms with van der Waals surface area (Å²) < 4.78 is 0. The first-order valence-electron chi connectivity index (χ1n) is 18.4. The number of aliphatic hydroxyl groups is 4. The molecule has 0 saturated carbocycles. The summed E-state index contributed by atoms with van der Waals surface area (Å²) in [7, 11) is 0. The van der Waals surface area contributed by atoms with Crippen LogP contribution in [0.3, 0.4) is 0 Å². The molecular weight excluding hydrogens is 550 g/mol. The van der Waals surface area contributed by atoms with E-state index in [1.807, 2.05) is 12.2 Å². The monoisotopic (exact) mass is 622 g/mol. The Morgan fingerprint density at radius 2 is 1.05 bits per heavy atom. The molecule has 2 unspecified atom stereocenters. The highest BCUT2D eigenvalue weighted by Gasteiger charge is 2.21. The van der Waals surface area contributed by atoms with E-state index in [1.165, 1.54) is 83.5 Å². The van der Waals surface area contributed by atoms with Crippen LogP contribution in [0.4, 0.5) is 0 Å². The Bertz CT molecular complexity index is 707. The van der Waals surface area contributed by atoms with Crippen molar-refractivity contribution in [3.63, 3.8) is 0 Å². The lowest BCUT2D eigenvalue weighted by molar-refractivity contribution is -0.123. The molecule has 1 amide bonds. The summed E-state index contributed by atoms with van der Waals surface area (Å²) in [5.41, 5.74) is 0. The first kappa shape index (κ1) is 42.5. The smallest absolute Gasteiger partial charge is 0.220 e. The highest BCUT2D eigenvalue weighted by molar-refractivity contribution is 5.76. The first-order chi connectivity index (χ1) is 21.5. The van der Waals surface area contributed by atoms with Gasteiger partial charge < -0.3 is 25.7 Å². The zero-order valence-electron chi connectivity index (χ0n) is 28.6. The van der Waals surface area contributed by atoms with Crippen molar-refractivity contribution in [2.45, 2.75) is 192 Å². The van der Waals surface area contributed by atoms with Gasteiger partial charge in [-0.25, -0.2) is 0 Å². The Labute approximate surface area is 271 Å². The van der Waals surface area contributed by atoms with Crippen LogP contribution in [0.25, 0.3) is 0 Å². The van der Waals surface area contributed by atoms with Gasteiger partial charge in [-0.1, -0.05) is 147 Å². The van der Waals surface area contributed by atoms with Gasteiger partial charge in [-0.05, 0) is 51.4 Å². The highest BCUT2D eigenvalue weighted by Crippen LogP contribution is 2.15. The van der Waals surface area contributed by atoms with Crippen LogP contribution in [0.15, 0.2) is 36.5 Å². The number of nitrogens with one attached hydrogen (secondary N) is 1. The van der Waals surface area contributed by atoms with Gasteiger partial charge >= 0.3 is 0 Å². The maximum absolute atomic E-state index is 12.4. The number of hydrogen-bond donors (Lipinski definition) is 5. The van der Waals surface area contributed by atoms with Crippen molar-refractivity contribution < 1.29 is 25.2 Å². The largest absolute Gasteiger partial charge is 0.394 e. The number of aliphatic hydroxyl groups excluding tert-OH is 4. The molecule has 0 saturated heterocycles. The fourth-order valence-corrected chi connectivity index (χ4v) is 5.34. The minimum Gasteiger partial charge on any atom is -0.394 e. The molecule has 0 aromatic rings. The zero-order valence-corrected chi connectivity index (χ0v) is 28.6. The van der Waals surface area contributed by atoms with Gasteiger partial charge in [-0.3, -0.25) is 4.79 Å². The third-order valence-corrected chi connectivity index (χ3v) is 8.36. The maximum atomic E-state index is 12.4. The van der Waals surface area contributed by atoms with Crippen LogP contribution in [0.2, 0.25) is 0 Å². The molecule has 0 aliphatic rings. The van der Waals surface area contributed by atoms with Crippen molar-refractivity contribution in [1.29, 1.82) is 0 Å². The van der Waals surface area contributed by atoms with Crippen LogP contribution in [0, 0.1) is 0 Å². The third-order valence-electron chi connectivity index (χ3n) is 8.36. The fraction of sp³-hybridized carbons (Fsp3) is 0.816. The van der Waals surface area contributed by atoms with Gasteiger partial charge in [0.05, 0.1) is 31.0 Å². The second-order valence-electron chi connectivity index (χ2n) is 12.6. The quantitative estimate of drug-likeness (QED) is 0.0382. The van der Waals surface area contributed by atoms with E-state index in [1.54, 1.807) is 0 Å². The minimum absolute atomic E-state index is 0.180. The molecule has 0 heterocycles. The van der Waals surface area contributed by atoms with Crippen LogP contribution in [0.5, 0.6) is 0 Å². The summed E-state index contributed by atoms with van der Waals surface area (Å²) in [6, 6.07) is -0.670. The molecule has 0 fully saturated rings. The van der Waals surface area contributed by atoms with E-state index in [2.05, 4.69) is 43.5 Å². The zero-order chi connectivity index (χ0) is 32.5. The topological polar surface area (TPSA) is 110 Å². The predicted octanol–water partition coefficient (Wildman–Crippen LogP) is 8.62. The molecule has 0 bridgehead atoms. The third kappa shape index (κ3) is 28.0. The molecule has 0 aliphatic heterocycles. The van der Waals surface area contributed by atoms with E-state index in [0.29, 0.717) is 25.7 Å². The predicted molar refractivity (Wildman–Crippen MR) is 187 cm³/mol. The summed E-state index contributed by atoms with van der Waals surface area (Å²) in [6.07, 6.45) is 35.0. The van der Waals surface area contributed by atoms with Crippen molar-refractivity contribution >= 4 is 5.91 Å². The molecule has 0 spiro atoms. The van der Waals surface area contributed by atoms with Gasteiger partial charge in [0.2, 0.25) is 5.91 Å². The second kappa shape index (κ2) is 32.9. The summed E-state index contributed by atoms with van der Waals surface area (Å²) in [5, 5.41) is 43.4. The molecule has 0 aliphatic carbocycles.